The van der Waals surface area contributed by atoms with Crippen molar-refractivity contribution in [3.63, 3.8) is 0 Å². The third-order valence-corrected chi connectivity index (χ3v) is 3.40. The van der Waals surface area contributed by atoms with Crippen LogP contribution in [-0.2, 0) is 0 Å². The Hall–Kier alpha value is -2.29. The summed E-state index contributed by atoms with van der Waals surface area (Å²) >= 11 is 0. The van der Waals surface area contributed by atoms with Gasteiger partial charge in [0.25, 0.3) is 0 Å². The molecule has 3 heteroatoms. The lowest BCUT2D eigenvalue weighted by molar-refractivity contribution is 0.474. The molecule has 1 aliphatic rings. The third-order valence-electron chi connectivity index (χ3n) is 3.40. The highest BCUT2D eigenvalue weighted by Gasteiger charge is 2.08. The monoisotopic (exact) mass is 296 g/mol. The number of phenolic OH excluding ortho intramolecular Hbond substituents is 1. The standard InChI is InChI=1S/C19H24N2O/c1-13(2)11-15(4)20-18-10-9-17(12-19(18)22)21-16-7-5-14(3)6-8-16/h5-10,12-13,15,20,22H,3,11H2,1-2,4H3. The molecular weight excluding hydrogens is 272 g/mol. The molecule has 3 nitrogen and oxygen atoms in total. The second-order valence-corrected chi connectivity index (χ2v) is 6.15. The SMILES string of the molecule is C=C1C=CC(=Nc2ccc(NC(C)CC(C)C)c(O)c2)C=C1. The van der Waals surface area contributed by atoms with E-state index in [1.807, 2.05) is 36.4 Å². The lowest BCUT2D eigenvalue weighted by atomic mass is 10.0. The number of phenols is 1. The zero-order valence-electron chi connectivity index (χ0n) is 13.5. The number of allylic oxidation sites excluding steroid dienone is 5. The van der Waals surface area contributed by atoms with Crippen molar-refractivity contribution < 1.29 is 5.11 Å². The summed E-state index contributed by atoms with van der Waals surface area (Å²) in [6, 6.07) is 5.78. The molecule has 22 heavy (non-hydrogen) atoms. The fraction of sp³-hybridized carbons (Fsp3) is 0.316. The van der Waals surface area contributed by atoms with Gasteiger partial charge in [-0.3, -0.25) is 0 Å². The molecule has 0 amide bonds. The summed E-state index contributed by atoms with van der Waals surface area (Å²) in [4.78, 5) is 4.50. The molecule has 0 aromatic heterocycles. The van der Waals surface area contributed by atoms with Gasteiger partial charge in [0.15, 0.2) is 0 Å². The average Bonchev–Trinajstić information content (AvgIpc) is 2.43. The van der Waals surface area contributed by atoms with Crippen LogP contribution in [-0.4, -0.2) is 16.9 Å². The van der Waals surface area contributed by atoms with Crippen molar-refractivity contribution >= 4 is 17.1 Å². The van der Waals surface area contributed by atoms with E-state index in [1.54, 1.807) is 6.07 Å². The lowest BCUT2D eigenvalue weighted by Crippen LogP contribution is -2.17. The Labute approximate surface area is 132 Å². The van der Waals surface area contributed by atoms with E-state index in [1.165, 1.54) is 0 Å². The van der Waals surface area contributed by atoms with Gasteiger partial charge in [0.05, 0.1) is 17.1 Å². The van der Waals surface area contributed by atoms with E-state index >= 15 is 0 Å². The summed E-state index contributed by atoms with van der Waals surface area (Å²) in [5, 5.41) is 13.5. The quantitative estimate of drug-likeness (QED) is 0.751. The maximum atomic E-state index is 10.2. The van der Waals surface area contributed by atoms with Crippen LogP contribution in [0.4, 0.5) is 11.4 Å². The molecule has 0 radical (unpaired) electrons. The van der Waals surface area contributed by atoms with Crippen molar-refractivity contribution in [1.82, 2.24) is 0 Å². The van der Waals surface area contributed by atoms with Gasteiger partial charge < -0.3 is 10.4 Å². The molecule has 1 aliphatic carbocycles. The molecule has 1 unspecified atom stereocenters. The molecule has 116 valence electrons. The van der Waals surface area contributed by atoms with Gasteiger partial charge in [0.1, 0.15) is 5.75 Å². The molecule has 1 aromatic rings. The molecule has 0 aliphatic heterocycles. The van der Waals surface area contributed by atoms with Crippen molar-refractivity contribution in [2.75, 3.05) is 5.32 Å². The summed E-state index contributed by atoms with van der Waals surface area (Å²) in [7, 11) is 0. The lowest BCUT2D eigenvalue weighted by Gasteiger charge is -2.18. The van der Waals surface area contributed by atoms with Crippen molar-refractivity contribution in [1.29, 1.82) is 0 Å². The van der Waals surface area contributed by atoms with Crippen LogP contribution in [0.1, 0.15) is 27.2 Å². The van der Waals surface area contributed by atoms with Crippen molar-refractivity contribution in [3.05, 3.63) is 54.7 Å². The first-order chi connectivity index (χ1) is 10.4. The first-order valence-corrected chi connectivity index (χ1v) is 7.67. The van der Waals surface area contributed by atoms with Crippen LogP contribution in [0.25, 0.3) is 0 Å². The van der Waals surface area contributed by atoms with Gasteiger partial charge in [-0.2, -0.15) is 0 Å². The van der Waals surface area contributed by atoms with Crippen LogP contribution in [0.15, 0.2) is 59.6 Å². The second kappa shape index (κ2) is 7.12. The Kier molecular flexibility index (Phi) is 5.21. The molecule has 0 fully saturated rings. The predicted molar refractivity (Wildman–Crippen MR) is 95.2 cm³/mol. The Morgan fingerprint density at radius 2 is 1.82 bits per heavy atom. The molecule has 0 bridgehead atoms. The van der Waals surface area contributed by atoms with Crippen LogP contribution in [0.3, 0.4) is 0 Å². The fourth-order valence-electron chi connectivity index (χ4n) is 2.46. The molecular formula is C19H24N2O. The average molecular weight is 296 g/mol. The summed E-state index contributed by atoms with van der Waals surface area (Å²) < 4.78 is 0. The Morgan fingerprint density at radius 3 is 2.41 bits per heavy atom. The zero-order chi connectivity index (χ0) is 16.1. The number of nitrogens with one attached hydrogen (secondary N) is 1. The number of aromatic hydroxyl groups is 1. The number of aliphatic imine (C=N–C) groups is 1. The molecule has 0 saturated carbocycles. The molecule has 2 rings (SSSR count). The van der Waals surface area contributed by atoms with Gasteiger partial charge in [-0.15, -0.1) is 0 Å². The maximum Gasteiger partial charge on any atom is 0.140 e. The van der Waals surface area contributed by atoms with Crippen LogP contribution in [0.2, 0.25) is 0 Å². The third kappa shape index (κ3) is 4.62. The second-order valence-electron chi connectivity index (χ2n) is 6.15. The Bertz CT molecular complexity index is 621. The fourth-order valence-corrected chi connectivity index (χ4v) is 2.46. The molecule has 1 atom stereocenters. The summed E-state index contributed by atoms with van der Waals surface area (Å²) in [5.41, 5.74) is 3.29. The first kappa shape index (κ1) is 16.1. The van der Waals surface area contributed by atoms with Gasteiger partial charge in [-0.05, 0) is 49.1 Å². The van der Waals surface area contributed by atoms with Crippen molar-refractivity contribution in [2.24, 2.45) is 10.9 Å². The highest BCUT2D eigenvalue weighted by molar-refractivity contribution is 6.07. The van der Waals surface area contributed by atoms with E-state index < -0.39 is 0 Å². The molecule has 0 spiro atoms. The molecule has 1 aromatic carbocycles. The number of anilines is 1. The van der Waals surface area contributed by atoms with Gasteiger partial charge >= 0.3 is 0 Å². The van der Waals surface area contributed by atoms with E-state index in [0.717, 1.165) is 29.1 Å². The first-order valence-electron chi connectivity index (χ1n) is 7.67. The molecule has 2 N–H and O–H groups in total. The Balaban J connectivity index is 2.10. The van der Waals surface area contributed by atoms with Crippen molar-refractivity contribution in [3.8, 4) is 5.75 Å². The van der Waals surface area contributed by atoms with E-state index in [-0.39, 0.29) is 5.75 Å². The number of benzene rings is 1. The highest BCUT2D eigenvalue weighted by atomic mass is 16.3. The minimum atomic E-state index is 0.227. The van der Waals surface area contributed by atoms with Crippen LogP contribution < -0.4 is 5.32 Å². The Morgan fingerprint density at radius 1 is 1.14 bits per heavy atom. The summed E-state index contributed by atoms with van der Waals surface area (Å²) in [6.45, 7) is 10.4. The van der Waals surface area contributed by atoms with Crippen LogP contribution in [0.5, 0.6) is 5.75 Å². The zero-order valence-corrected chi connectivity index (χ0v) is 13.5. The maximum absolute atomic E-state index is 10.2. The predicted octanol–water partition coefficient (Wildman–Crippen LogP) is 4.99. The van der Waals surface area contributed by atoms with Crippen LogP contribution in [0, 0.1) is 5.92 Å². The minimum Gasteiger partial charge on any atom is -0.506 e. The number of hydrogen-bond acceptors (Lipinski definition) is 3. The van der Waals surface area contributed by atoms with E-state index in [9.17, 15) is 5.11 Å². The van der Waals surface area contributed by atoms with E-state index in [0.29, 0.717) is 12.0 Å². The highest BCUT2D eigenvalue weighted by Crippen LogP contribution is 2.29. The van der Waals surface area contributed by atoms with Crippen molar-refractivity contribution in [2.45, 2.75) is 33.2 Å². The summed E-state index contributed by atoms with van der Waals surface area (Å²) in [5.74, 6) is 0.848. The normalized spacial score (nSPS) is 15.3. The van der Waals surface area contributed by atoms with E-state index in [2.05, 4.69) is 37.7 Å². The van der Waals surface area contributed by atoms with Gasteiger partial charge in [0.2, 0.25) is 0 Å². The smallest absolute Gasteiger partial charge is 0.140 e. The minimum absolute atomic E-state index is 0.227. The van der Waals surface area contributed by atoms with Gasteiger partial charge in [-0.25, -0.2) is 4.99 Å². The van der Waals surface area contributed by atoms with Gasteiger partial charge in [0, 0.05) is 12.1 Å². The number of rotatable bonds is 5. The number of nitrogens with zero attached hydrogens (tertiary/aromatic N) is 1. The van der Waals surface area contributed by atoms with Gasteiger partial charge in [-0.1, -0.05) is 32.6 Å². The summed E-state index contributed by atoms with van der Waals surface area (Å²) in [6.07, 6.45) is 8.72. The van der Waals surface area contributed by atoms with Crippen LogP contribution >= 0.6 is 0 Å². The largest absolute Gasteiger partial charge is 0.506 e. The molecule has 0 heterocycles. The van der Waals surface area contributed by atoms with E-state index in [4.69, 9.17) is 0 Å². The topological polar surface area (TPSA) is 44.6 Å². The molecule has 0 saturated heterocycles. The number of hydrogen-bond donors (Lipinski definition) is 2.